The van der Waals surface area contributed by atoms with Crippen LogP contribution in [0.5, 0.6) is 0 Å². The minimum atomic E-state index is -1.10. The molecular formula is C21H20N6O4S. The number of amides is 3. The van der Waals surface area contributed by atoms with Crippen molar-refractivity contribution in [2.45, 2.75) is 19.0 Å². The second-order valence-electron chi connectivity index (χ2n) is 6.56. The van der Waals surface area contributed by atoms with Crippen molar-refractivity contribution in [3.63, 3.8) is 0 Å². The molecule has 0 saturated heterocycles. The van der Waals surface area contributed by atoms with Crippen molar-refractivity contribution in [1.82, 2.24) is 30.9 Å². The Morgan fingerprint density at radius 2 is 1.78 bits per heavy atom. The first kappa shape index (κ1) is 22.7. The van der Waals surface area contributed by atoms with Gasteiger partial charge in [0.15, 0.2) is 0 Å². The van der Waals surface area contributed by atoms with Gasteiger partial charge in [-0.15, -0.1) is 11.3 Å². The predicted molar refractivity (Wildman–Crippen MR) is 115 cm³/mol. The van der Waals surface area contributed by atoms with E-state index in [1.165, 1.54) is 29.9 Å². The van der Waals surface area contributed by atoms with Crippen LogP contribution in [0.3, 0.4) is 0 Å². The summed E-state index contributed by atoms with van der Waals surface area (Å²) in [6.07, 6.45) is 5.76. The van der Waals surface area contributed by atoms with E-state index < -0.39 is 36.1 Å². The zero-order valence-corrected chi connectivity index (χ0v) is 17.7. The summed E-state index contributed by atoms with van der Waals surface area (Å²) in [7, 11) is 0. The zero-order valence-electron chi connectivity index (χ0n) is 16.9. The monoisotopic (exact) mass is 452 g/mol. The summed E-state index contributed by atoms with van der Waals surface area (Å²) in [4.78, 5) is 61.3. The Bertz CT molecular complexity index is 1060. The van der Waals surface area contributed by atoms with Crippen LogP contribution >= 0.6 is 11.3 Å². The van der Waals surface area contributed by atoms with Gasteiger partial charge in [0, 0.05) is 30.4 Å². The van der Waals surface area contributed by atoms with Crippen LogP contribution in [-0.2, 0) is 27.3 Å². The van der Waals surface area contributed by atoms with Gasteiger partial charge in [0.05, 0.1) is 19.3 Å². The van der Waals surface area contributed by atoms with E-state index in [2.05, 4.69) is 30.9 Å². The largest absolute Gasteiger partial charge is 0.344 e. The highest BCUT2D eigenvalue weighted by Crippen LogP contribution is 2.06. The minimum absolute atomic E-state index is 0.0544. The van der Waals surface area contributed by atoms with Gasteiger partial charge in [0.25, 0.3) is 11.8 Å². The van der Waals surface area contributed by atoms with Gasteiger partial charge >= 0.3 is 0 Å². The third-order valence-corrected chi connectivity index (χ3v) is 5.03. The molecular weight excluding hydrogens is 432 g/mol. The van der Waals surface area contributed by atoms with Gasteiger partial charge in [-0.3, -0.25) is 24.2 Å². The van der Waals surface area contributed by atoms with Crippen molar-refractivity contribution in [2.75, 3.05) is 6.54 Å². The molecule has 3 N–H and O–H groups in total. The van der Waals surface area contributed by atoms with Crippen molar-refractivity contribution in [1.29, 1.82) is 0 Å². The van der Waals surface area contributed by atoms with E-state index in [9.17, 15) is 19.2 Å². The molecule has 164 valence electrons. The topological polar surface area (TPSA) is 143 Å². The Hall–Kier alpha value is -3.99. The molecule has 1 aromatic carbocycles. The van der Waals surface area contributed by atoms with Crippen molar-refractivity contribution >= 4 is 34.8 Å². The van der Waals surface area contributed by atoms with Gasteiger partial charge in [-0.05, 0) is 5.56 Å². The third-order valence-electron chi connectivity index (χ3n) is 4.25. The fourth-order valence-corrected chi connectivity index (χ4v) is 3.27. The molecule has 0 radical (unpaired) electrons. The highest BCUT2D eigenvalue weighted by Gasteiger charge is 2.27. The maximum Gasteiger partial charge on any atom is 0.289 e. The molecule has 0 aliphatic heterocycles. The highest BCUT2D eigenvalue weighted by atomic mass is 32.1. The average molecular weight is 452 g/mol. The molecule has 11 heteroatoms. The number of thiazole rings is 1. The number of hydrogen-bond donors (Lipinski definition) is 3. The SMILES string of the molecule is O=C(CNC(=O)c1cnccn1)N[C@H](Cc1ccccc1)C(=O)C(=O)NCc1nccs1. The molecule has 3 aromatic rings. The van der Waals surface area contributed by atoms with Crippen LogP contribution in [0.15, 0.2) is 60.5 Å². The van der Waals surface area contributed by atoms with Crippen molar-refractivity contribution in [3.8, 4) is 0 Å². The zero-order chi connectivity index (χ0) is 22.8. The number of carbonyl (C=O) groups excluding carboxylic acids is 4. The molecule has 0 aliphatic rings. The Labute approximate surface area is 187 Å². The molecule has 3 amide bonds. The maximum atomic E-state index is 12.8. The van der Waals surface area contributed by atoms with Crippen LogP contribution in [-0.4, -0.2) is 51.0 Å². The molecule has 2 heterocycles. The quantitative estimate of drug-likeness (QED) is 0.375. The number of ketones is 1. The summed E-state index contributed by atoms with van der Waals surface area (Å²) in [5, 5.41) is 9.88. The van der Waals surface area contributed by atoms with Gasteiger partial charge in [-0.1, -0.05) is 30.3 Å². The summed E-state index contributed by atoms with van der Waals surface area (Å²) >= 11 is 1.35. The van der Waals surface area contributed by atoms with E-state index in [1.807, 2.05) is 6.07 Å². The summed E-state index contributed by atoms with van der Waals surface area (Å²) in [5.41, 5.74) is 0.821. The summed E-state index contributed by atoms with van der Waals surface area (Å²) in [5.74, 6) is -2.83. The van der Waals surface area contributed by atoms with E-state index in [1.54, 1.807) is 35.8 Å². The summed E-state index contributed by atoms with van der Waals surface area (Å²) in [6.45, 7) is -0.281. The van der Waals surface area contributed by atoms with E-state index in [-0.39, 0.29) is 18.7 Å². The highest BCUT2D eigenvalue weighted by molar-refractivity contribution is 7.09. The number of aromatic nitrogens is 3. The molecule has 1 atom stereocenters. The predicted octanol–water partition coefficient (Wildman–Crippen LogP) is 0.276. The van der Waals surface area contributed by atoms with E-state index in [0.29, 0.717) is 5.01 Å². The van der Waals surface area contributed by atoms with Gasteiger partial charge < -0.3 is 16.0 Å². The normalized spacial score (nSPS) is 11.2. The minimum Gasteiger partial charge on any atom is -0.344 e. The second kappa shape index (κ2) is 11.4. The smallest absolute Gasteiger partial charge is 0.289 e. The Balaban J connectivity index is 1.61. The standard InChI is InChI=1S/C21H20N6O4S/c28-17(12-25-20(30)16-11-22-6-7-23-16)27-15(10-14-4-2-1-3-5-14)19(29)21(31)26-13-18-24-8-9-32-18/h1-9,11,15H,10,12-13H2,(H,25,30)(H,26,31)(H,27,28)/t15-/m1/s1. The van der Waals surface area contributed by atoms with Crippen molar-refractivity contribution in [3.05, 3.63) is 76.8 Å². The Morgan fingerprint density at radius 3 is 2.47 bits per heavy atom. The van der Waals surface area contributed by atoms with Gasteiger partial charge in [-0.2, -0.15) is 0 Å². The van der Waals surface area contributed by atoms with Crippen molar-refractivity contribution in [2.24, 2.45) is 0 Å². The molecule has 0 unspecified atom stereocenters. The van der Waals surface area contributed by atoms with Crippen LogP contribution in [0.25, 0.3) is 0 Å². The molecule has 10 nitrogen and oxygen atoms in total. The Morgan fingerprint density at radius 1 is 0.969 bits per heavy atom. The molecule has 0 spiro atoms. The molecule has 32 heavy (non-hydrogen) atoms. The number of hydrogen-bond acceptors (Lipinski definition) is 8. The van der Waals surface area contributed by atoms with Gasteiger partial charge in [-0.25, -0.2) is 9.97 Å². The first-order chi connectivity index (χ1) is 15.5. The second-order valence-corrected chi connectivity index (χ2v) is 7.54. The molecule has 2 aromatic heterocycles. The number of nitrogens with one attached hydrogen (secondary N) is 3. The number of rotatable bonds is 10. The number of Topliss-reactive ketones (excluding diaryl/α,β-unsaturated/α-hetero) is 1. The van der Waals surface area contributed by atoms with E-state index >= 15 is 0 Å². The lowest BCUT2D eigenvalue weighted by molar-refractivity contribution is -0.140. The average Bonchev–Trinajstić information content (AvgIpc) is 3.35. The fourth-order valence-electron chi connectivity index (χ4n) is 2.71. The molecule has 0 saturated carbocycles. The lowest BCUT2D eigenvalue weighted by Crippen LogP contribution is -2.50. The third kappa shape index (κ3) is 6.77. The first-order valence-corrected chi connectivity index (χ1v) is 10.5. The van der Waals surface area contributed by atoms with Crippen LogP contribution in [0.2, 0.25) is 0 Å². The van der Waals surface area contributed by atoms with Gasteiger partial charge in [0.1, 0.15) is 16.7 Å². The lowest BCUT2D eigenvalue weighted by Gasteiger charge is -2.17. The van der Waals surface area contributed by atoms with E-state index in [4.69, 9.17) is 0 Å². The lowest BCUT2D eigenvalue weighted by atomic mass is 10.0. The maximum absolute atomic E-state index is 12.8. The van der Waals surface area contributed by atoms with Crippen LogP contribution in [0.1, 0.15) is 21.1 Å². The van der Waals surface area contributed by atoms with Crippen LogP contribution in [0, 0.1) is 0 Å². The van der Waals surface area contributed by atoms with Crippen LogP contribution in [0.4, 0.5) is 0 Å². The number of nitrogens with zero attached hydrogens (tertiary/aromatic N) is 3. The van der Waals surface area contributed by atoms with E-state index in [0.717, 1.165) is 5.56 Å². The summed E-state index contributed by atoms with van der Waals surface area (Å²) in [6, 6.07) is 7.88. The number of carbonyl (C=O) groups is 4. The van der Waals surface area contributed by atoms with Crippen molar-refractivity contribution < 1.29 is 19.2 Å². The molecule has 0 bridgehead atoms. The van der Waals surface area contributed by atoms with Gasteiger partial charge in [0.2, 0.25) is 11.7 Å². The molecule has 0 fully saturated rings. The summed E-state index contributed by atoms with van der Waals surface area (Å²) < 4.78 is 0. The molecule has 0 aliphatic carbocycles. The first-order valence-electron chi connectivity index (χ1n) is 9.61. The van der Waals surface area contributed by atoms with Crippen LogP contribution < -0.4 is 16.0 Å². The Kier molecular flexibility index (Phi) is 8.09. The molecule has 3 rings (SSSR count). The fraction of sp³-hybridized carbons (Fsp3) is 0.190. The number of benzene rings is 1.